The van der Waals surface area contributed by atoms with E-state index in [1.807, 2.05) is 0 Å². The van der Waals surface area contributed by atoms with Crippen LogP contribution < -0.4 is 10.9 Å². The number of nitrogens with two attached hydrogens (primary N) is 2. The highest BCUT2D eigenvalue weighted by molar-refractivity contribution is 7.89. The summed E-state index contributed by atoms with van der Waals surface area (Å²) in [7, 11) is -3.52. The molecular formula is C9H14ClFN2O2S. The van der Waals surface area contributed by atoms with Crippen LogP contribution in [0.25, 0.3) is 0 Å². The van der Waals surface area contributed by atoms with Crippen LogP contribution in [-0.2, 0) is 23.0 Å². The number of benzene rings is 1. The molecule has 4 N–H and O–H groups in total. The van der Waals surface area contributed by atoms with E-state index in [4.69, 9.17) is 10.9 Å². The minimum atomic E-state index is -3.52. The van der Waals surface area contributed by atoms with Gasteiger partial charge >= 0.3 is 0 Å². The molecule has 0 saturated heterocycles. The molecule has 1 rings (SSSR count). The summed E-state index contributed by atoms with van der Waals surface area (Å²) in [5, 5.41) is 4.86. The average Bonchev–Trinajstić information content (AvgIpc) is 2.14. The summed E-state index contributed by atoms with van der Waals surface area (Å²) in [4.78, 5) is 0. The zero-order chi connectivity index (χ0) is 11.5. The van der Waals surface area contributed by atoms with Crippen molar-refractivity contribution in [2.24, 2.45) is 10.9 Å². The van der Waals surface area contributed by atoms with Crippen molar-refractivity contribution in [1.82, 2.24) is 0 Å². The maximum absolute atomic E-state index is 12.9. The van der Waals surface area contributed by atoms with Crippen molar-refractivity contribution in [2.75, 3.05) is 5.75 Å². The molecule has 7 heteroatoms. The second kappa shape index (κ2) is 6.15. The fourth-order valence-corrected chi connectivity index (χ4v) is 1.78. The lowest BCUT2D eigenvalue weighted by Gasteiger charge is -2.06. The molecular weight excluding hydrogens is 255 g/mol. The minimum Gasteiger partial charge on any atom is -0.326 e. The van der Waals surface area contributed by atoms with E-state index in [9.17, 15) is 12.8 Å². The Kier molecular flexibility index (Phi) is 5.88. The lowest BCUT2D eigenvalue weighted by molar-refractivity contribution is 0.596. The molecule has 0 saturated carbocycles. The van der Waals surface area contributed by atoms with Crippen LogP contribution in [0.5, 0.6) is 0 Å². The first-order chi connectivity index (χ1) is 6.92. The number of hydrogen-bond acceptors (Lipinski definition) is 3. The minimum absolute atomic E-state index is 0. The first kappa shape index (κ1) is 15.3. The predicted molar refractivity (Wildman–Crippen MR) is 63.2 cm³/mol. The standard InChI is InChI=1S/C9H13FN2O2S.ClH/c10-9-2-1-8(6-11)7(5-9)3-4-15(12,13)14;/h1-2,5H,3-4,6,11H2,(H2,12,13,14);1H. The van der Waals surface area contributed by atoms with Crippen LogP contribution in [0.4, 0.5) is 4.39 Å². The topological polar surface area (TPSA) is 86.2 Å². The van der Waals surface area contributed by atoms with Crippen molar-refractivity contribution in [1.29, 1.82) is 0 Å². The van der Waals surface area contributed by atoms with Crippen molar-refractivity contribution in [3.63, 3.8) is 0 Å². The highest BCUT2D eigenvalue weighted by Crippen LogP contribution is 2.12. The molecule has 0 unspecified atom stereocenters. The third kappa shape index (κ3) is 4.89. The average molecular weight is 269 g/mol. The maximum atomic E-state index is 12.9. The van der Waals surface area contributed by atoms with Gasteiger partial charge in [0.25, 0.3) is 0 Å². The van der Waals surface area contributed by atoms with E-state index in [-0.39, 0.29) is 31.1 Å². The van der Waals surface area contributed by atoms with Crippen molar-refractivity contribution >= 4 is 22.4 Å². The van der Waals surface area contributed by atoms with Crippen molar-refractivity contribution < 1.29 is 12.8 Å². The van der Waals surface area contributed by atoms with Crippen molar-refractivity contribution in [3.8, 4) is 0 Å². The Morgan fingerprint density at radius 2 is 1.88 bits per heavy atom. The summed E-state index contributed by atoms with van der Waals surface area (Å²) in [5.74, 6) is -0.611. The third-order valence-corrected chi connectivity index (χ3v) is 2.82. The highest BCUT2D eigenvalue weighted by atomic mass is 35.5. The van der Waals surface area contributed by atoms with Gasteiger partial charge in [-0.15, -0.1) is 12.4 Å². The number of halogens is 2. The fraction of sp³-hybridized carbons (Fsp3) is 0.333. The summed E-state index contributed by atoms with van der Waals surface area (Å²) in [5.41, 5.74) is 6.76. The Balaban J connectivity index is 0.00000225. The predicted octanol–water partition coefficient (Wildman–Crippen LogP) is 0.537. The number of hydrogen-bond donors (Lipinski definition) is 2. The molecule has 92 valence electrons. The van der Waals surface area contributed by atoms with Crippen LogP contribution in [-0.4, -0.2) is 14.2 Å². The first-order valence-electron chi connectivity index (χ1n) is 4.40. The molecule has 0 spiro atoms. The monoisotopic (exact) mass is 268 g/mol. The Morgan fingerprint density at radius 3 is 2.38 bits per heavy atom. The Bertz CT molecular complexity index is 451. The number of rotatable bonds is 4. The quantitative estimate of drug-likeness (QED) is 0.836. The molecule has 0 atom stereocenters. The second-order valence-corrected chi connectivity index (χ2v) is 4.97. The number of aryl methyl sites for hydroxylation is 1. The SMILES string of the molecule is Cl.NCc1ccc(F)cc1CCS(N)(=O)=O. The molecule has 1 aromatic rings. The summed E-state index contributed by atoms with van der Waals surface area (Å²) in [6.45, 7) is 0.250. The van der Waals surface area contributed by atoms with Crippen LogP contribution in [0.1, 0.15) is 11.1 Å². The van der Waals surface area contributed by atoms with Gasteiger partial charge < -0.3 is 5.73 Å². The molecule has 0 aliphatic heterocycles. The van der Waals surface area contributed by atoms with Gasteiger partial charge in [0.1, 0.15) is 5.82 Å². The molecule has 0 aromatic heterocycles. The van der Waals surface area contributed by atoms with Crippen LogP contribution in [0.3, 0.4) is 0 Å². The van der Waals surface area contributed by atoms with E-state index in [0.717, 1.165) is 5.56 Å². The molecule has 0 aliphatic carbocycles. The van der Waals surface area contributed by atoms with E-state index in [0.29, 0.717) is 5.56 Å². The van der Waals surface area contributed by atoms with Gasteiger partial charge in [-0.25, -0.2) is 17.9 Å². The van der Waals surface area contributed by atoms with Gasteiger partial charge in [0.15, 0.2) is 0 Å². The number of sulfonamides is 1. The van der Waals surface area contributed by atoms with E-state index in [1.165, 1.54) is 12.1 Å². The van der Waals surface area contributed by atoms with E-state index < -0.39 is 15.8 Å². The fourth-order valence-electron chi connectivity index (χ4n) is 1.28. The zero-order valence-electron chi connectivity index (χ0n) is 8.52. The van der Waals surface area contributed by atoms with Gasteiger partial charge in [0.2, 0.25) is 10.0 Å². The largest absolute Gasteiger partial charge is 0.326 e. The lowest BCUT2D eigenvalue weighted by atomic mass is 10.1. The molecule has 0 amide bonds. The molecule has 4 nitrogen and oxygen atoms in total. The summed E-state index contributed by atoms with van der Waals surface area (Å²) in [6, 6.07) is 4.13. The molecule has 16 heavy (non-hydrogen) atoms. The van der Waals surface area contributed by atoms with E-state index in [1.54, 1.807) is 6.07 Å². The summed E-state index contributed by atoms with van der Waals surface area (Å²) < 4.78 is 34.4. The second-order valence-electron chi connectivity index (χ2n) is 3.23. The van der Waals surface area contributed by atoms with Crippen LogP contribution in [0.2, 0.25) is 0 Å². The van der Waals surface area contributed by atoms with E-state index in [2.05, 4.69) is 0 Å². The summed E-state index contributed by atoms with van der Waals surface area (Å²) >= 11 is 0. The van der Waals surface area contributed by atoms with Gasteiger partial charge in [-0.05, 0) is 29.7 Å². The van der Waals surface area contributed by atoms with Crippen LogP contribution in [0.15, 0.2) is 18.2 Å². The first-order valence-corrected chi connectivity index (χ1v) is 6.12. The molecule has 0 fully saturated rings. The Hall–Kier alpha value is -0.690. The van der Waals surface area contributed by atoms with Crippen LogP contribution in [0, 0.1) is 5.82 Å². The molecule has 0 bridgehead atoms. The van der Waals surface area contributed by atoms with Crippen LogP contribution >= 0.6 is 12.4 Å². The third-order valence-electron chi connectivity index (χ3n) is 2.04. The Labute approximate surface area is 100 Å². The van der Waals surface area contributed by atoms with Crippen molar-refractivity contribution in [3.05, 3.63) is 35.1 Å². The lowest BCUT2D eigenvalue weighted by Crippen LogP contribution is -2.18. The normalized spacial score (nSPS) is 10.9. The molecule has 0 aliphatic rings. The van der Waals surface area contributed by atoms with Gasteiger partial charge in [0.05, 0.1) is 5.75 Å². The smallest absolute Gasteiger partial charge is 0.209 e. The van der Waals surface area contributed by atoms with Crippen molar-refractivity contribution in [2.45, 2.75) is 13.0 Å². The molecule has 1 aromatic carbocycles. The van der Waals surface area contributed by atoms with Gasteiger partial charge in [-0.3, -0.25) is 0 Å². The maximum Gasteiger partial charge on any atom is 0.209 e. The van der Waals surface area contributed by atoms with E-state index >= 15 is 0 Å². The highest BCUT2D eigenvalue weighted by Gasteiger charge is 2.07. The van der Waals surface area contributed by atoms with Gasteiger partial charge in [-0.2, -0.15) is 0 Å². The molecule has 0 heterocycles. The van der Waals surface area contributed by atoms with Gasteiger partial charge in [-0.1, -0.05) is 6.07 Å². The Morgan fingerprint density at radius 1 is 1.25 bits per heavy atom. The zero-order valence-corrected chi connectivity index (χ0v) is 10.2. The summed E-state index contributed by atoms with van der Waals surface area (Å²) in [6.07, 6.45) is 0.184. The molecule has 0 radical (unpaired) electrons. The number of primary sulfonamides is 1. The van der Waals surface area contributed by atoms with Gasteiger partial charge in [0, 0.05) is 6.54 Å².